The summed E-state index contributed by atoms with van der Waals surface area (Å²) in [6.45, 7) is 2.18. The van der Waals surface area contributed by atoms with Gasteiger partial charge in [0.1, 0.15) is 0 Å². The van der Waals surface area contributed by atoms with E-state index in [0.717, 1.165) is 12.8 Å². The van der Waals surface area contributed by atoms with Gasteiger partial charge in [-0.3, -0.25) is 0 Å². The van der Waals surface area contributed by atoms with Crippen LogP contribution in [0, 0.1) is 5.41 Å². The van der Waals surface area contributed by atoms with E-state index in [2.05, 4.69) is 16.9 Å². The zero-order valence-electron chi connectivity index (χ0n) is 8.26. The standard InChI is InChI=1S/C9H15N3O2/c1-9(4-5-9)7-3-2-6(11-12-10)8(13)14-7/h6-8,13H,2-5H2,1H3/t6-,7+,8?/m1/s1. The maximum absolute atomic E-state index is 9.57. The Morgan fingerprint density at radius 2 is 2.21 bits per heavy atom. The van der Waals surface area contributed by atoms with Crippen LogP contribution < -0.4 is 0 Å². The summed E-state index contributed by atoms with van der Waals surface area (Å²) in [5, 5.41) is 13.1. The maximum Gasteiger partial charge on any atom is 0.163 e. The van der Waals surface area contributed by atoms with Gasteiger partial charge in [0.2, 0.25) is 0 Å². The van der Waals surface area contributed by atoms with Crippen molar-refractivity contribution in [2.75, 3.05) is 0 Å². The van der Waals surface area contributed by atoms with E-state index in [1.165, 1.54) is 12.8 Å². The topological polar surface area (TPSA) is 78.2 Å². The number of rotatable bonds is 2. The van der Waals surface area contributed by atoms with Crippen LogP contribution in [0.1, 0.15) is 32.6 Å². The van der Waals surface area contributed by atoms with Crippen LogP contribution in [0.25, 0.3) is 10.4 Å². The van der Waals surface area contributed by atoms with Crippen molar-refractivity contribution >= 4 is 0 Å². The Balaban J connectivity index is 1.95. The Labute approximate surface area is 82.7 Å². The normalized spacial score (nSPS) is 40.0. The lowest BCUT2D eigenvalue weighted by Crippen LogP contribution is -2.40. The van der Waals surface area contributed by atoms with Gasteiger partial charge in [-0.15, -0.1) is 0 Å². The van der Waals surface area contributed by atoms with Crippen LogP contribution in [0.2, 0.25) is 0 Å². The molecule has 1 aliphatic carbocycles. The number of hydrogen-bond acceptors (Lipinski definition) is 3. The summed E-state index contributed by atoms with van der Waals surface area (Å²) in [6.07, 6.45) is 3.19. The Morgan fingerprint density at radius 1 is 1.50 bits per heavy atom. The first-order valence-electron chi connectivity index (χ1n) is 5.03. The van der Waals surface area contributed by atoms with E-state index < -0.39 is 12.3 Å². The fourth-order valence-electron chi connectivity index (χ4n) is 2.00. The minimum atomic E-state index is -0.915. The molecular weight excluding hydrogens is 182 g/mol. The predicted molar refractivity (Wildman–Crippen MR) is 50.4 cm³/mol. The summed E-state index contributed by atoms with van der Waals surface area (Å²) in [6, 6.07) is -0.404. The summed E-state index contributed by atoms with van der Waals surface area (Å²) < 4.78 is 5.47. The highest BCUT2D eigenvalue weighted by Gasteiger charge is 2.48. The molecule has 1 aliphatic heterocycles. The fourth-order valence-corrected chi connectivity index (χ4v) is 2.00. The molecule has 14 heavy (non-hydrogen) atoms. The second-order valence-electron chi connectivity index (χ2n) is 4.52. The van der Waals surface area contributed by atoms with Crippen LogP contribution in [0.3, 0.4) is 0 Å². The van der Waals surface area contributed by atoms with E-state index in [4.69, 9.17) is 10.3 Å². The monoisotopic (exact) mass is 197 g/mol. The van der Waals surface area contributed by atoms with E-state index in [0.29, 0.717) is 0 Å². The molecule has 5 heteroatoms. The number of azide groups is 1. The van der Waals surface area contributed by atoms with Crippen molar-refractivity contribution in [3.8, 4) is 0 Å². The number of aliphatic hydroxyl groups excluding tert-OH is 1. The van der Waals surface area contributed by atoms with Gasteiger partial charge in [-0.1, -0.05) is 12.0 Å². The Morgan fingerprint density at radius 3 is 2.71 bits per heavy atom. The van der Waals surface area contributed by atoms with E-state index in [9.17, 15) is 5.11 Å². The molecule has 1 saturated carbocycles. The Bertz CT molecular complexity index is 271. The highest BCUT2D eigenvalue weighted by atomic mass is 16.6. The van der Waals surface area contributed by atoms with Crippen LogP contribution in [0.4, 0.5) is 0 Å². The molecule has 0 amide bonds. The van der Waals surface area contributed by atoms with Crippen molar-refractivity contribution in [2.24, 2.45) is 10.5 Å². The number of ether oxygens (including phenoxy) is 1. The number of nitrogens with zero attached hydrogens (tertiary/aromatic N) is 3. The Hall–Kier alpha value is -0.770. The van der Waals surface area contributed by atoms with Crippen molar-refractivity contribution in [3.63, 3.8) is 0 Å². The number of hydrogen-bond donors (Lipinski definition) is 1. The smallest absolute Gasteiger partial charge is 0.163 e. The molecule has 1 unspecified atom stereocenters. The summed E-state index contributed by atoms with van der Waals surface area (Å²) in [5.74, 6) is 0. The Kier molecular flexibility index (Phi) is 2.39. The molecule has 0 aromatic carbocycles. The quantitative estimate of drug-likeness (QED) is 0.417. The molecule has 1 N–H and O–H groups in total. The maximum atomic E-state index is 9.57. The van der Waals surface area contributed by atoms with Crippen LogP contribution in [0.15, 0.2) is 5.11 Å². The SMILES string of the molecule is CC1([C@@H]2CC[C@@H](N=[N+]=[N-])C(O)O2)CC1. The fraction of sp³-hybridized carbons (Fsp3) is 1.00. The molecule has 2 fully saturated rings. The van der Waals surface area contributed by atoms with Crippen LogP contribution >= 0.6 is 0 Å². The molecule has 0 spiro atoms. The van der Waals surface area contributed by atoms with Gasteiger partial charge in [0.05, 0.1) is 12.1 Å². The van der Waals surface area contributed by atoms with E-state index in [1.807, 2.05) is 0 Å². The average molecular weight is 197 g/mol. The van der Waals surface area contributed by atoms with Crippen LogP contribution in [-0.4, -0.2) is 23.5 Å². The minimum Gasteiger partial charge on any atom is -0.368 e. The second-order valence-corrected chi connectivity index (χ2v) is 4.52. The van der Waals surface area contributed by atoms with E-state index >= 15 is 0 Å². The largest absolute Gasteiger partial charge is 0.368 e. The summed E-state index contributed by atoms with van der Waals surface area (Å²) in [4.78, 5) is 2.70. The highest BCUT2D eigenvalue weighted by Crippen LogP contribution is 2.52. The zero-order valence-corrected chi connectivity index (χ0v) is 8.26. The molecule has 2 rings (SSSR count). The van der Waals surface area contributed by atoms with Gasteiger partial charge < -0.3 is 9.84 Å². The van der Waals surface area contributed by atoms with Crippen molar-refractivity contribution < 1.29 is 9.84 Å². The first-order valence-corrected chi connectivity index (χ1v) is 5.03. The third-order valence-corrected chi connectivity index (χ3v) is 3.37. The third-order valence-electron chi connectivity index (χ3n) is 3.37. The van der Waals surface area contributed by atoms with Gasteiger partial charge in [0.25, 0.3) is 0 Å². The van der Waals surface area contributed by atoms with Gasteiger partial charge in [-0.25, -0.2) is 0 Å². The third kappa shape index (κ3) is 1.71. The predicted octanol–water partition coefficient (Wildman–Crippen LogP) is 1.96. The highest BCUT2D eigenvalue weighted by molar-refractivity contribution is 4.98. The zero-order chi connectivity index (χ0) is 10.2. The molecule has 1 heterocycles. The molecule has 1 saturated heterocycles. The van der Waals surface area contributed by atoms with Gasteiger partial charge in [0.15, 0.2) is 6.29 Å². The second kappa shape index (κ2) is 3.42. The lowest BCUT2D eigenvalue weighted by molar-refractivity contribution is -0.188. The van der Waals surface area contributed by atoms with Gasteiger partial charge >= 0.3 is 0 Å². The molecule has 0 aromatic rings. The summed E-state index contributed by atoms with van der Waals surface area (Å²) in [7, 11) is 0. The molecule has 3 atom stereocenters. The molecule has 78 valence electrons. The van der Waals surface area contributed by atoms with Crippen LogP contribution in [-0.2, 0) is 4.74 Å². The molecule has 5 nitrogen and oxygen atoms in total. The van der Waals surface area contributed by atoms with Crippen LogP contribution in [0.5, 0.6) is 0 Å². The lowest BCUT2D eigenvalue weighted by Gasteiger charge is -2.34. The summed E-state index contributed by atoms with van der Waals surface area (Å²) >= 11 is 0. The molecular formula is C9H15N3O2. The first-order chi connectivity index (χ1) is 6.65. The summed E-state index contributed by atoms with van der Waals surface area (Å²) in [5.41, 5.74) is 8.53. The average Bonchev–Trinajstić information content (AvgIpc) is 2.89. The van der Waals surface area contributed by atoms with Gasteiger partial charge in [0, 0.05) is 4.91 Å². The minimum absolute atomic E-state index is 0.141. The van der Waals surface area contributed by atoms with E-state index in [-0.39, 0.29) is 11.5 Å². The molecule has 0 radical (unpaired) electrons. The van der Waals surface area contributed by atoms with Crippen molar-refractivity contribution in [2.45, 2.75) is 51.0 Å². The lowest BCUT2D eigenvalue weighted by atomic mass is 9.93. The van der Waals surface area contributed by atoms with Crippen molar-refractivity contribution in [1.29, 1.82) is 0 Å². The molecule has 2 aliphatic rings. The van der Waals surface area contributed by atoms with Gasteiger partial charge in [-0.05, 0) is 36.6 Å². The van der Waals surface area contributed by atoms with E-state index in [1.54, 1.807) is 0 Å². The molecule has 0 bridgehead atoms. The number of aliphatic hydroxyl groups is 1. The van der Waals surface area contributed by atoms with Crippen molar-refractivity contribution in [3.05, 3.63) is 10.4 Å². The van der Waals surface area contributed by atoms with Crippen molar-refractivity contribution in [1.82, 2.24) is 0 Å². The first kappa shape index (κ1) is 9.77. The van der Waals surface area contributed by atoms with Gasteiger partial charge in [-0.2, -0.15) is 0 Å². The molecule has 0 aromatic heterocycles.